The van der Waals surface area contributed by atoms with E-state index in [4.69, 9.17) is 13.3 Å². The maximum Gasteiger partial charge on any atom is 0.303 e. The van der Waals surface area contributed by atoms with Gasteiger partial charge in [-0.15, -0.1) is 0 Å². The summed E-state index contributed by atoms with van der Waals surface area (Å²) >= 11 is 0. The molecule has 0 aliphatic carbocycles. The van der Waals surface area contributed by atoms with E-state index in [0.29, 0.717) is 6.42 Å². The van der Waals surface area contributed by atoms with Crippen LogP contribution in [0, 0.1) is 0 Å². The smallest absolute Gasteiger partial charge is 0.303 e. The molecular formula is C11H28O4Si3. The lowest BCUT2D eigenvalue weighted by molar-refractivity contribution is -0.137. The highest BCUT2D eigenvalue weighted by Gasteiger charge is 1.97. The Morgan fingerprint density at radius 1 is 1.00 bits per heavy atom. The van der Waals surface area contributed by atoms with E-state index in [1.54, 1.807) is 0 Å². The van der Waals surface area contributed by atoms with Gasteiger partial charge in [0.2, 0.25) is 0 Å². The van der Waals surface area contributed by atoms with E-state index >= 15 is 0 Å². The van der Waals surface area contributed by atoms with Gasteiger partial charge in [-0.2, -0.15) is 0 Å². The predicted molar refractivity (Wildman–Crippen MR) is 83.2 cm³/mol. The standard InChI is InChI=1S/C11H28O4Si3/c12-11(13)9-7-5-3-1-2-4-6-8-10-17-15-18-14-16/h1-10,17-18H2,16H3,(H,12,13). The number of hydrogen-bond donors (Lipinski definition) is 1. The number of rotatable bonds is 14. The van der Waals surface area contributed by atoms with Crippen molar-refractivity contribution >= 4 is 36.2 Å². The molecule has 0 saturated carbocycles. The zero-order valence-corrected chi connectivity index (χ0v) is 16.5. The lowest BCUT2D eigenvalue weighted by Gasteiger charge is -2.03. The highest BCUT2D eigenvalue weighted by Crippen LogP contribution is 2.10. The molecule has 0 aromatic rings. The van der Waals surface area contributed by atoms with Crippen LogP contribution in [-0.2, 0) is 13.0 Å². The van der Waals surface area contributed by atoms with Crippen LogP contribution in [0.4, 0.5) is 0 Å². The van der Waals surface area contributed by atoms with Gasteiger partial charge < -0.3 is 13.3 Å². The molecule has 0 unspecified atom stereocenters. The second-order valence-electron chi connectivity index (χ2n) is 4.64. The quantitative estimate of drug-likeness (QED) is 0.373. The van der Waals surface area contributed by atoms with Gasteiger partial charge in [-0.1, -0.05) is 44.9 Å². The summed E-state index contributed by atoms with van der Waals surface area (Å²) in [6.07, 6.45) is 9.95. The Labute approximate surface area is 118 Å². The molecule has 0 heterocycles. The first kappa shape index (κ1) is 18.0. The fourth-order valence-corrected chi connectivity index (χ4v) is 5.87. The Bertz CT molecular complexity index is 193. The van der Waals surface area contributed by atoms with Crippen LogP contribution >= 0.6 is 0 Å². The molecule has 0 atom stereocenters. The number of hydrogen-bond acceptors (Lipinski definition) is 3. The van der Waals surface area contributed by atoms with Gasteiger partial charge >= 0.3 is 5.97 Å². The summed E-state index contributed by atoms with van der Waals surface area (Å²) in [5.41, 5.74) is 0. The van der Waals surface area contributed by atoms with E-state index in [0.717, 1.165) is 23.3 Å². The van der Waals surface area contributed by atoms with Crippen LogP contribution in [0.3, 0.4) is 0 Å². The zero-order valence-electron chi connectivity index (χ0n) is 11.7. The lowest BCUT2D eigenvalue weighted by Crippen LogP contribution is -2.06. The average Bonchev–Trinajstić information content (AvgIpc) is 2.34. The van der Waals surface area contributed by atoms with E-state index in [1.807, 2.05) is 0 Å². The van der Waals surface area contributed by atoms with Crippen molar-refractivity contribution in [2.24, 2.45) is 0 Å². The van der Waals surface area contributed by atoms with E-state index in [1.165, 1.54) is 44.6 Å². The van der Waals surface area contributed by atoms with E-state index < -0.39 is 16.0 Å². The first-order valence-corrected chi connectivity index (χ1v) is 10.6. The molecule has 0 radical (unpaired) electrons. The van der Waals surface area contributed by atoms with Crippen LogP contribution in [0.25, 0.3) is 0 Å². The minimum absolute atomic E-state index is 0.255. The molecule has 0 amide bonds. The second-order valence-corrected chi connectivity index (χ2v) is 9.93. The monoisotopic (exact) mass is 308 g/mol. The fourth-order valence-electron chi connectivity index (χ4n) is 1.86. The molecule has 0 spiro atoms. The molecule has 0 aromatic carbocycles. The largest absolute Gasteiger partial charge is 0.481 e. The molecule has 0 fully saturated rings. The Morgan fingerprint density at radius 2 is 1.56 bits per heavy atom. The summed E-state index contributed by atoms with van der Waals surface area (Å²) in [7, 11) is 0.0218. The van der Waals surface area contributed by atoms with Crippen molar-refractivity contribution in [1.82, 2.24) is 0 Å². The molecule has 7 heteroatoms. The zero-order chi connectivity index (χ0) is 13.5. The Morgan fingerprint density at radius 3 is 2.11 bits per heavy atom. The summed E-state index contributed by atoms with van der Waals surface area (Å²) in [5, 5.41) is 8.48. The average molecular weight is 309 g/mol. The predicted octanol–water partition coefficient (Wildman–Crippen LogP) is 0.396. The first-order valence-electron chi connectivity index (χ1n) is 7.06. The van der Waals surface area contributed by atoms with Crippen molar-refractivity contribution in [2.75, 3.05) is 0 Å². The van der Waals surface area contributed by atoms with Crippen molar-refractivity contribution < 1.29 is 18.1 Å². The number of carboxylic acids is 1. The summed E-state index contributed by atoms with van der Waals surface area (Å²) in [6, 6.07) is 1.30. The minimum Gasteiger partial charge on any atom is -0.481 e. The van der Waals surface area contributed by atoms with E-state index in [9.17, 15) is 4.79 Å². The normalized spacial score (nSPS) is 12.2. The third-order valence-electron chi connectivity index (χ3n) is 2.88. The number of carboxylic acid groups (broad SMARTS) is 1. The Hall–Kier alpha value is 0.0406. The molecule has 0 saturated heterocycles. The maximum absolute atomic E-state index is 10.3. The van der Waals surface area contributed by atoms with Gasteiger partial charge in [0.1, 0.15) is 20.2 Å². The molecule has 0 aromatic heterocycles. The van der Waals surface area contributed by atoms with Crippen LogP contribution in [0.1, 0.15) is 57.8 Å². The SMILES string of the molecule is O=C(O)CCCCCCCCCC[SiH2]O[SiH2]O[SiH3]. The Balaban J connectivity index is 2.92. The molecule has 1 N–H and O–H groups in total. The van der Waals surface area contributed by atoms with Gasteiger partial charge in [0.25, 0.3) is 10.0 Å². The van der Waals surface area contributed by atoms with Gasteiger partial charge in [0, 0.05) is 6.42 Å². The van der Waals surface area contributed by atoms with Crippen LogP contribution in [0.5, 0.6) is 0 Å². The van der Waals surface area contributed by atoms with Crippen LogP contribution in [-0.4, -0.2) is 41.3 Å². The maximum atomic E-state index is 10.3. The van der Waals surface area contributed by atoms with Gasteiger partial charge in [-0.05, 0) is 12.5 Å². The number of aliphatic carboxylic acids is 1. The van der Waals surface area contributed by atoms with Gasteiger partial charge in [0.15, 0.2) is 0 Å². The van der Waals surface area contributed by atoms with Crippen molar-refractivity contribution in [1.29, 1.82) is 0 Å². The number of carbonyl (C=O) groups is 1. The van der Waals surface area contributed by atoms with Crippen LogP contribution in [0.15, 0.2) is 0 Å². The topological polar surface area (TPSA) is 55.8 Å². The third kappa shape index (κ3) is 16.0. The van der Waals surface area contributed by atoms with Gasteiger partial charge in [-0.3, -0.25) is 4.79 Å². The highest BCUT2D eigenvalue weighted by atomic mass is 28.3. The lowest BCUT2D eigenvalue weighted by atomic mass is 10.1. The number of unbranched alkanes of at least 4 members (excludes halogenated alkanes) is 7. The summed E-state index contributed by atoms with van der Waals surface area (Å²) in [6.45, 7) is 0. The molecule has 0 rings (SSSR count). The van der Waals surface area contributed by atoms with E-state index in [2.05, 4.69) is 0 Å². The molecule has 4 nitrogen and oxygen atoms in total. The first-order chi connectivity index (χ1) is 8.77. The Kier molecular flexibility index (Phi) is 15.1. The van der Waals surface area contributed by atoms with E-state index in [-0.39, 0.29) is 9.76 Å². The molecule has 0 bridgehead atoms. The van der Waals surface area contributed by atoms with Crippen LogP contribution in [0.2, 0.25) is 6.04 Å². The minimum atomic E-state index is -0.666. The molecule has 108 valence electrons. The van der Waals surface area contributed by atoms with Gasteiger partial charge in [0.05, 0.1) is 0 Å². The highest BCUT2D eigenvalue weighted by molar-refractivity contribution is 6.41. The van der Waals surface area contributed by atoms with Crippen molar-refractivity contribution in [3.63, 3.8) is 0 Å². The molecular weight excluding hydrogens is 280 g/mol. The van der Waals surface area contributed by atoms with Crippen molar-refractivity contribution in [2.45, 2.75) is 63.8 Å². The summed E-state index contributed by atoms with van der Waals surface area (Å²) in [4.78, 5) is 10.3. The summed E-state index contributed by atoms with van der Waals surface area (Å²) in [5.74, 6) is -0.666. The van der Waals surface area contributed by atoms with Crippen molar-refractivity contribution in [3.8, 4) is 0 Å². The molecule has 0 aliphatic rings. The van der Waals surface area contributed by atoms with Gasteiger partial charge in [-0.25, -0.2) is 0 Å². The fraction of sp³-hybridized carbons (Fsp3) is 0.909. The summed E-state index contributed by atoms with van der Waals surface area (Å²) < 4.78 is 10.6. The van der Waals surface area contributed by atoms with Crippen molar-refractivity contribution in [3.05, 3.63) is 0 Å². The second kappa shape index (κ2) is 15.1. The van der Waals surface area contributed by atoms with Crippen LogP contribution < -0.4 is 0 Å². The molecule has 0 aliphatic heterocycles. The molecule has 18 heavy (non-hydrogen) atoms. The third-order valence-corrected chi connectivity index (χ3v) is 6.43.